The van der Waals surface area contributed by atoms with Crippen LogP contribution in [0, 0.1) is 0 Å². The maximum Gasteiger partial charge on any atom is 0.326 e. The average molecular weight is 453 g/mol. The van der Waals surface area contributed by atoms with Gasteiger partial charge >= 0.3 is 5.97 Å². The molecule has 0 aliphatic heterocycles. The number of ketones is 1. The Labute approximate surface area is 187 Å². The lowest BCUT2D eigenvalue weighted by Crippen LogP contribution is -2.41. The summed E-state index contributed by atoms with van der Waals surface area (Å²) < 4.78 is 0. The molecule has 0 fully saturated rings. The molecule has 0 spiro atoms. The quantitative estimate of drug-likeness (QED) is 0.294. The number of nitrogen functional groups attached to an aromatic ring is 1. The lowest BCUT2D eigenvalue weighted by atomic mass is 10.1. The van der Waals surface area contributed by atoms with Crippen LogP contribution in [0.5, 0.6) is 0 Å². The van der Waals surface area contributed by atoms with Gasteiger partial charge in [-0.3, -0.25) is 19.4 Å². The predicted octanol–water partition coefficient (Wildman–Crippen LogP) is 0.850. The molecule has 3 rings (SSSR count). The molecule has 0 unspecified atom stereocenters. The van der Waals surface area contributed by atoms with Crippen molar-refractivity contribution in [3.63, 3.8) is 0 Å². The van der Waals surface area contributed by atoms with Crippen LogP contribution in [-0.4, -0.2) is 48.7 Å². The van der Waals surface area contributed by atoms with E-state index in [1.54, 1.807) is 19.1 Å². The predicted molar refractivity (Wildman–Crippen MR) is 120 cm³/mol. The highest BCUT2D eigenvalue weighted by Gasteiger charge is 2.21. The average Bonchev–Trinajstić information content (AvgIpc) is 2.80. The summed E-state index contributed by atoms with van der Waals surface area (Å²) in [6, 6.07) is 5.23. The first-order valence-corrected chi connectivity index (χ1v) is 10.2. The lowest BCUT2D eigenvalue weighted by Gasteiger charge is -2.14. The molecule has 0 saturated carbocycles. The van der Waals surface area contributed by atoms with Crippen LogP contribution in [0.15, 0.2) is 35.3 Å². The van der Waals surface area contributed by atoms with Gasteiger partial charge in [-0.05, 0) is 30.7 Å². The summed E-state index contributed by atoms with van der Waals surface area (Å²) in [5.74, 6) is -1.85. The minimum atomic E-state index is -1.20. The zero-order valence-corrected chi connectivity index (χ0v) is 17.8. The normalized spacial score (nSPS) is 11.7. The van der Waals surface area contributed by atoms with Crippen LogP contribution in [-0.2, 0) is 16.1 Å². The first-order valence-electron chi connectivity index (χ1n) is 10.2. The molecular weight excluding hydrogens is 430 g/mol. The number of nitrogens with zero attached hydrogens (tertiary/aromatic N) is 3. The van der Waals surface area contributed by atoms with Crippen LogP contribution in [0.2, 0.25) is 0 Å². The molecule has 172 valence electrons. The van der Waals surface area contributed by atoms with E-state index in [1.165, 1.54) is 18.3 Å². The molecule has 0 bridgehead atoms. The number of amides is 1. The van der Waals surface area contributed by atoms with Crippen molar-refractivity contribution < 1.29 is 19.5 Å². The van der Waals surface area contributed by atoms with Crippen molar-refractivity contribution in [3.8, 4) is 0 Å². The highest BCUT2D eigenvalue weighted by molar-refractivity contribution is 5.97. The number of aromatic nitrogens is 4. The van der Waals surface area contributed by atoms with Crippen LogP contribution in [0.3, 0.4) is 0 Å². The first-order chi connectivity index (χ1) is 15.8. The van der Waals surface area contributed by atoms with Crippen molar-refractivity contribution in [2.75, 3.05) is 11.1 Å². The van der Waals surface area contributed by atoms with E-state index < -0.39 is 23.5 Å². The second-order valence-corrected chi connectivity index (χ2v) is 7.21. The minimum Gasteiger partial charge on any atom is -0.480 e. The minimum absolute atomic E-state index is 0.0329. The van der Waals surface area contributed by atoms with E-state index in [0.29, 0.717) is 17.8 Å². The highest BCUT2D eigenvalue weighted by Crippen LogP contribution is 2.12. The summed E-state index contributed by atoms with van der Waals surface area (Å²) in [6.45, 7) is 1.96. The third-order valence-corrected chi connectivity index (χ3v) is 4.82. The topological polar surface area (TPSA) is 193 Å². The number of rotatable bonds is 10. The van der Waals surface area contributed by atoms with Gasteiger partial charge in [0, 0.05) is 24.1 Å². The van der Waals surface area contributed by atoms with Crippen molar-refractivity contribution in [2.24, 2.45) is 0 Å². The van der Waals surface area contributed by atoms with E-state index >= 15 is 0 Å². The highest BCUT2D eigenvalue weighted by atomic mass is 16.4. The second-order valence-electron chi connectivity index (χ2n) is 7.21. The van der Waals surface area contributed by atoms with Gasteiger partial charge in [-0.1, -0.05) is 6.92 Å². The van der Waals surface area contributed by atoms with Crippen LogP contribution < -0.4 is 21.9 Å². The number of H-pyrrole nitrogens is 1. The Morgan fingerprint density at radius 2 is 1.91 bits per heavy atom. The molecular formula is C21H23N7O5. The molecule has 0 aliphatic rings. The van der Waals surface area contributed by atoms with Crippen molar-refractivity contribution >= 4 is 40.5 Å². The molecule has 1 atom stereocenters. The van der Waals surface area contributed by atoms with Crippen LogP contribution in [0.4, 0.5) is 11.6 Å². The van der Waals surface area contributed by atoms with Crippen molar-refractivity contribution in [1.82, 2.24) is 25.3 Å². The molecule has 1 amide bonds. The molecule has 0 radical (unpaired) electrons. The summed E-state index contributed by atoms with van der Waals surface area (Å²) in [5.41, 5.74) is 6.66. The zero-order chi connectivity index (χ0) is 24.0. The molecule has 0 aliphatic carbocycles. The van der Waals surface area contributed by atoms with E-state index in [9.17, 15) is 24.3 Å². The van der Waals surface area contributed by atoms with Gasteiger partial charge in [-0.25, -0.2) is 14.8 Å². The Kier molecular flexibility index (Phi) is 7.28. The summed E-state index contributed by atoms with van der Waals surface area (Å²) in [5, 5.41) is 14.8. The number of benzene rings is 1. The van der Waals surface area contributed by atoms with Gasteiger partial charge in [0.2, 0.25) is 5.95 Å². The maximum absolute atomic E-state index is 12.4. The van der Waals surface area contributed by atoms with E-state index in [0.717, 1.165) is 0 Å². The van der Waals surface area contributed by atoms with Crippen molar-refractivity contribution in [3.05, 3.63) is 52.1 Å². The summed E-state index contributed by atoms with van der Waals surface area (Å²) in [4.78, 5) is 61.8. The Balaban J connectivity index is 1.61. The number of hydrogen-bond donors (Lipinski definition) is 5. The zero-order valence-electron chi connectivity index (χ0n) is 17.8. The molecule has 2 aromatic heterocycles. The van der Waals surface area contributed by atoms with Crippen molar-refractivity contribution in [1.29, 1.82) is 0 Å². The third kappa shape index (κ3) is 6.09. The summed E-state index contributed by atoms with van der Waals surface area (Å²) >= 11 is 0. The molecule has 33 heavy (non-hydrogen) atoms. The van der Waals surface area contributed by atoms with Gasteiger partial charge < -0.3 is 21.5 Å². The Bertz CT molecular complexity index is 1240. The number of nitrogens with one attached hydrogen (secondary N) is 3. The molecule has 0 saturated heterocycles. The Hall–Kier alpha value is -4.35. The third-order valence-electron chi connectivity index (χ3n) is 4.82. The molecule has 12 heteroatoms. The van der Waals surface area contributed by atoms with E-state index in [-0.39, 0.29) is 47.8 Å². The Morgan fingerprint density at radius 3 is 2.58 bits per heavy atom. The van der Waals surface area contributed by atoms with Gasteiger partial charge in [0.05, 0.1) is 18.4 Å². The van der Waals surface area contributed by atoms with Crippen LogP contribution in [0.1, 0.15) is 42.2 Å². The molecule has 3 aromatic rings. The summed E-state index contributed by atoms with van der Waals surface area (Å²) in [7, 11) is 0. The van der Waals surface area contributed by atoms with Gasteiger partial charge in [0.1, 0.15) is 11.8 Å². The number of carboxylic acids is 1. The fourth-order valence-electron chi connectivity index (χ4n) is 2.97. The van der Waals surface area contributed by atoms with Gasteiger partial charge in [0.25, 0.3) is 11.5 Å². The van der Waals surface area contributed by atoms with E-state index in [1.807, 2.05) is 0 Å². The molecule has 12 nitrogen and oxygen atoms in total. The monoisotopic (exact) mass is 453 g/mol. The first kappa shape index (κ1) is 23.3. The number of fused-ring (bicyclic) bond motifs is 1. The van der Waals surface area contributed by atoms with Crippen molar-refractivity contribution in [2.45, 2.75) is 38.8 Å². The van der Waals surface area contributed by atoms with E-state index in [4.69, 9.17) is 5.73 Å². The molecule has 6 N–H and O–H groups in total. The fraction of sp³-hybridized carbons (Fsp3) is 0.286. The SMILES string of the molecule is CCC(=O)CC[C@@H](NC(=O)c1ccc(NCc2cnc3nc(N)[nH]c(=O)c3n2)cc1)C(=O)O. The lowest BCUT2D eigenvalue weighted by molar-refractivity contribution is -0.139. The van der Waals surface area contributed by atoms with Gasteiger partial charge in [-0.2, -0.15) is 4.98 Å². The Morgan fingerprint density at radius 1 is 1.18 bits per heavy atom. The van der Waals surface area contributed by atoms with Gasteiger partial charge in [0.15, 0.2) is 11.2 Å². The number of carbonyl (C=O) groups is 3. The number of aliphatic carboxylic acids is 1. The fourth-order valence-corrected chi connectivity index (χ4v) is 2.97. The number of anilines is 2. The number of carboxylic acid groups (broad SMARTS) is 1. The standard InChI is InChI=1S/C21H23N7O5/c1-2-14(29)7-8-15(20(32)33)26-18(30)11-3-5-12(6-4-11)23-9-13-10-24-17-16(25-13)19(31)28-21(22)27-17/h3-6,10,15,23H,2,7-9H2,1H3,(H,26,30)(H,32,33)(H3,22,24,27,28,31)/t15-/m1/s1. The molecule has 2 heterocycles. The van der Waals surface area contributed by atoms with E-state index in [2.05, 4.69) is 30.6 Å². The van der Waals surface area contributed by atoms with Gasteiger partial charge in [-0.15, -0.1) is 0 Å². The second kappa shape index (κ2) is 10.3. The molecule has 1 aromatic carbocycles. The largest absolute Gasteiger partial charge is 0.480 e. The number of aromatic amines is 1. The maximum atomic E-state index is 12.4. The summed E-state index contributed by atoms with van der Waals surface area (Å²) in [6.07, 6.45) is 1.91. The smallest absolute Gasteiger partial charge is 0.326 e. The number of Topliss-reactive ketones (excluding diaryl/α,β-unsaturated/α-hetero) is 1. The van der Waals surface area contributed by atoms with Crippen LogP contribution in [0.25, 0.3) is 11.2 Å². The number of hydrogen-bond acceptors (Lipinski definition) is 9. The number of nitrogens with two attached hydrogens (primary N) is 1. The van der Waals surface area contributed by atoms with Crippen LogP contribution >= 0.6 is 0 Å². The number of carbonyl (C=O) groups excluding carboxylic acids is 2.